The van der Waals surface area contributed by atoms with Crippen molar-refractivity contribution in [2.75, 3.05) is 0 Å². The average molecular weight is 348 g/mol. The summed E-state index contributed by atoms with van der Waals surface area (Å²) in [5, 5.41) is 0. The molecule has 0 unspecified atom stereocenters. The van der Waals surface area contributed by atoms with Crippen LogP contribution in [0.2, 0.25) is 0 Å². The molecule has 0 aliphatic carbocycles. The van der Waals surface area contributed by atoms with Crippen LogP contribution in [0.4, 0.5) is 0 Å². The maximum Gasteiger partial charge on any atom is 0.357 e. The van der Waals surface area contributed by atoms with Crippen molar-refractivity contribution in [1.82, 2.24) is 9.55 Å². The van der Waals surface area contributed by atoms with E-state index in [9.17, 15) is 9.59 Å². The van der Waals surface area contributed by atoms with Gasteiger partial charge in [0.15, 0.2) is 6.10 Å². The molecule has 3 rings (SSSR count). The van der Waals surface area contributed by atoms with Crippen LogP contribution in [-0.2, 0) is 4.74 Å². The van der Waals surface area contributed by atoms with Crippen LogP contribution in [0.1, 0.15) is 39.2 Å². The Bertz CT molecular complexity index is 931. The Morgan fingerprint density at radius 3 is 2.38 bits per heavy atom. The van der Waals surface area contributed by atoms with Crippen molar-refractivity contribution >= 4 is 11.8 Å². The van der Waals surface area contributed by atoms with E-state index >= 15 is 0 Å². The Balaban J connectivity index is 1.83. The highest BCUT2D eigenvalue weighted by Crippen LogP contribution is 2.22. The Kier molecular flexibility index (Phi) is 4.98. The van der Waals surface area contributed by atoms with Crippen LogP contribution < -0.4 is 0 Å². The van der Waals surface area contributed by atoms with Crippen molar-refractivity contribution in [1.29, 1.82) is 0 Å². The van der Waals surface area contributed by atoms with Crippen LogP contribution in [0.5, 0.6) is 0 Å². The number of carbonyl (C=O) groups excluding carboxylic acids is 2. The predicted octanol–water partition coefficient (Wildman–Crippen LogP) is 3.92. The maximum atomic E-state index is 12.8. The number of pyridine rings is 1. The lowest BCUT2D eigenvalue weighted by atomic mass is 10.1. The normalized spacial score (nSPS) is 11.8. The zero-order valence-electron chi connectivity index (χ0n) is 15.0. The van der Waals surface area contributed by atoms with Crippen LogP contribution in [0.25, 0.3) is 5.69 Å². The fourth-order valence-corrected chi connectivity index (χ4v) is 2.96. The smallest absolute Gasteiger partial charge is 0.357 e. The SMILES string of the molecule is Cc1cc(C(=O)[C@@H](C)OC(=O)c2ccccn2)c(C)n1-c1ccccc1. The first-order valence-corrected chi connectivity index (χ1v) is 8.39. The predicted molar refractivity (Wildman–Crippen MR) is 98.7 cm³/mol. The van der Waals surface area contributed by atoms with E-state index < -0.39 is 12.1 Å². The number of esters is 1. The van der Waals surface area contributed by atoms with Crippen LogP contribution in [-0.4, -0.2) is 27.4 Å². The van der Waals surface area contributed by atoms with Gasteiger partial charge in [0.25, 0.3) is 0 Å². The van der Waals surface area contributed by atoms with Gasteiger partial charge in [-0.15, -0.1) is 0 Å². The summed E-state index contributed by atoms with van der Waals surface area (Å²) in [5.41, 5.74) is 3.48. The molecule has 26 heavy (non-hydrogen) atoms. The first-order valence-electron chi connectivity index (χ1n) is 8.39. The van der Waals surface area contributed by atoms with E-state index in [-0.39, 0.29) is 11.5 Å². The largest absolute Gasteiger partial charge is 0.450 e. The highest BCUT2D eigenvalue weighted by molar-refractivity contribution is 6.02. The zero-order valence-corrected chi connectivity index (χ0v) is 15.0. The fraction of sp³-hybridized carbons (Fsp3) is 0.190. The van der Waals surface area contributed by atoms with Crippen molar-refractivity contribution in [3.05, 3.63) is 83.4 Å². The lowest BCUT2D eigenvalue weighted by Crippen LogP contribution is -2.25. The van der Waals surface area contributed by atoms with E-state index in [2.05, 4.69) is 4.98 Å². The van der Waals surface area contributed by atoms with E-state index in [1.165, 1.54) is 6.20 Å². The van der Waals surface area contributed by atoms with Crippen LogP contribution >= 0.6 is 0 Å². The van der Waals surface area contributed by atoms with Crippen molar-refractivity contribution in [2.24, 2.45) is 0 Å². The molecule has 1 atom stereocenters. The van der Waals surface area contributed by atoms with E-state index in [0.717, 1.165) is 17.1 Å². The first-order chi connectivity index (χ1) is 12.5. The van der Waals surface area contributed by atoms with Gasteiger partial charge >= 0.3 is 5.97 Å². The minimum atomic E-state index is -0.894. The number of ketones is 1. The van der Waals surface area contributed by atoms with E-state index in [4.69, 9.17) is 4.74 Å². The molecule has 5 heteroatoms. The number of nitrogens with zero attached hydrogens (tertiary/aromatic N) is 2. The summed E-state index contributed by atoms with van der Waals surface area (Å²) in [4.78, 5) is 28.9. The number of carbonyl (C=O) groups is 2. The van der Waals surface area contributed by atoms with Crippen molar-refractivity contribution in [3.63, 3.8) is 0 Å². The van der Waals surface area contributed by atoms with E-state index in [0.29, 0.717) is 5.56 Å². The summed E-state index contributed by atoms with van der Waals surface area (Å²) in [6.07, 6.45) is 0.616. The lowest BCUT2D eigenvalue weighted by Gasteiger charge is -2.13. The summed E-state index contributed by atoms with van der Waals surface area (Å²) in [6, 6.07) is 16.6. The Labute approximate surface area is 152 Å². The van der Waals surface area contributed by atoms with Crippen LogP contribution in [0.15, 0.2) is 60.8 Å². The Morgan fingerprint density at radius 2 is 1.73 bits per heavy atom. The number of aryl methyl sites for hydroxylation is 1. The molecule has 0 fully saturated rings. The lowest BCUT2D eigenvalue weighted by molar-refractivity contribution is 0.0313. The first kappa shape index (κ1) is 17.6. The van der Waals surface area contributed by atoms with E-state index in [1.54, 1.807) is 25.1 Å². The molecule has 0 N–H and O–H groups in total. The van der Waals surface area contributed by atoms with Crippen molar-refractivity contribution in [3.8, 4) is 5.69 Å². The van der Waals surface area contributed by atoms with Gasteiger partial charge in [0.2, 0.25) is 5.78 Å². The van der Waals surface area contributed by atoms with Gasteiger partial charge in [-0.25, -0.2) is 9.78 Å². The fourth-order valence-electron chi connectivity index (χ4n) is 2.96. The van der Waals surface area contributed by atoms with Gasteiger partial charge in [0, 0.05) is 28.8 Å². The number of ether oxygens (including phenoxy) is 1. The van der Waals surface area contributed by atoms with Crippen molar-refractivity contribution in [2.45, 2.75) is 26.9 Å². The number of rotatable bonds is 5. The molecule has 0 aliphatic heterocycles. The molecule has 0 radical (unpaired) electrons. The molecular weight excluding hydrogens is 328 g/mol. The zero-order chi connectivity index (χ0) is 18.7. The van der Waals surface area contributed by atoms with Gasteiger partial charge in [-0.3, -0.25) is 4.79 Å². The van der Waals surface area contributed by atoms with Gasteiger partial charge in [-0.2, -0.15) is 0 Å². The quantitative estimate of drug-likeness (QED) is 0.518. The molecule has 0 saturated carbocycles. The third-order valence-electron chi connectivity index (χ3n) is 4.24. The number of benzene rings is 1. The molecule has 0 aliphatic rings. The highest BCUT2D eigenvalue weighted by atomic mass is 16.5. The molecule has 1 aromatic carbocycles. The van der Waals surface area contributed by atoms with Gasteiger partial charge in [0.05, 0.1) is 0 Å². The molecule has 3 aromatic rings. The molecule has 0 bridgehead atoms. The van der Waals surface area contributed by atoms with Gasteiger partial charge in [0.1, 0.15) is 5.69 Å². The summed E-state index contributed by atoms with van der Waals surface area (Å²) >= 11 is 0. The summed E-state index contributed by atoms with van der Waals surface area (Å²) in [5.74, 6) is -0.840. The third kappa shape index (κ3) is 3.42. The molecular formula is C21H20N2O3. The Hall–Kier alpha value is -3.21. The molecule has 2 aromatic heterocycles. The van der Waals surface area contributed by atoms with Crippen LogP contribution in [0.3, 0.4) is 0 Å². The number of para-hydroxylation sites is 1. The van der Waals surface area contributed by atoms with Crippen LogP contribution in [0, 0.1) is 13.8 Å². The number of hydrogen-bond donors (Lipinski definition) is 0. The summed E-state index contributed by atoms with van der Waals surface area (Å²) in [6.45, 7) is 5.42. The van der Waals surface area contributed by atoms with Gasteiger partial charge < -0.3 is 9.30 Å². The summed E-state index contributed by atoms with van der Waals surface area (Å²) < 4.78 is 7.32. The second-order valence-electron chi connectivity index (χ2n) is 6.08. The molecule has 0 amide bonds. The minimum Gasteiger partial charge on any atom is -0.450 e. The number of hydrogen-bond acceptors (Lipinski definition) is 4. The van der Waals surface area contributed by atoms with Crippen molar-refractivity contribution < 1.29 is 14.3 Å². The standard InChI is InChI=1S/C21H20N2O3/c1-14-13-18(15(2)23(14)17-9-5-4-6-10-17)20(24)16(3)26-21(25)19-11-7-8-12-22-19/h4-13,16H,1-3H3/t16-/m1/s1. The minimum absolute atomic E-state index is 0.182. The van der Waals surface area contributed by atoms with E-state index in [1.807, 2.05) is 54.8 Å². The van der Waals surface area contributed by atoms with Gasteiger partial charge in [-0.1, -0.05) is 24.3 Å². The van der Waals surface area contributed by atoms with Gasteiger partial charge in [-0.05, 0) is 51.1 Å². The summed E-state index contributed by atoms with van der Waals surface area (Å²) in [7, 11) is 0. The molecule has 132 valence electrons. The number of Topliss-reactive ketones (excluding diaryl/α,β-unsaturated/α-hetero) is 1. The maximum absolute atomic E-state index is 12.8. The second kappa shape index (κ2) is 7.35. The molecule has 0 spiro atoms. The monoisotopic (exact) mass is 348 g/mol. The molecule has 0 saturated heterocycles. The third-order valence-corrected chi connectivity index (χ3v) is 4.24. The Morgan fingerprint density at radius 1 is 1.04 bits per heavy atom. The molecule has 2 heterocycles. The molecule has 5 nitrogen and oxygen atoms in total. The highest BCUT2D eigenvalue weighted by Gasteiger charge is 2.25. The average Bonchev–Trinajstić information content (AvgIpc) is 2.96. The second-order valence-corrected chi connectivity index (χ2v) is 6.08. The topological polar surface area (TPSA) is 61.2 Å². The number of aromatic nitrogens is 2.